The first-order valence-electron chi connectivity index (χ1n) is 12.1. The number of rotatable bonds is 8. The van der Waals surface area contributed by atoms with E-state index in [1.165, 1.54) is 0 Å². The summed E-state index contributed by atoms with van der Waals surface area (Å²) in [6.07, 6.45) is 1.71. The molecule has 190 valence electrons. The second kappa shape index (κ2) is 11.5. The van der Waals surface area contributed by atoms with Gasteiger partial charge in [0.15, 0.2) is 6.16 Å². The zero-order valence-electron chi connectivity index (χ0n) is 20.1. The van der Waals surface area contributed by atoms with Gasteiger partial charge in [-0.05, 0) is 42.0 Å². The third-order valence-corrected chi connectivity index (χ3v) is 8.10. The van der Waals surface area contributed by atoms with Gasteiger partial charge in [0.25, 0.3) is 0 Å². The second-order valence-corrected chi connectivity index (χ2v) is 11.3. The summed E-state index contributed by atoms with van der Waals surface area (Å²) in [4.78, 5) is 28.0. The largest absolute Gasteiger partial charge is 0.440 e. The Morgan fingerprint density at radius 2 is 1.65 bits per heavy atom. The van der Waals surface area contributed by atoms with Crippen LogP contribution >= 0.6 is 19.5 Å². The van der Waals surface area contributed by atoms with Crippen LogP contribution in [0.1, 0.15) is 24.2 Å². The molecule has 0 saturated carbocycles. The molecule has 2 N–H and O–H groups in total. The molecule has 5 rings (SSSR count). The molecule has 9 heteroatoms. The number of carbonyl (C=O) groups is 1. The van der Waals surface area contributed by atoms with E-state index in [4.69, 9.17) is 30.0 Å². The van der Waals surface area contributed by atoms with E-state index >= 15 is 0 Å². The fourth-order valence-electron chi connectivity index (χ4n) is 4.04. The molecule has 3 aromatic carbocycles. The predicted molar refractivity (Wildman–Crippen MR) is 145 cm³/mol. The lowest BCUT2D eigenvalue weighted by Crippen LogP contribution is -2.14. The van der Waals surface area contributed by atoms with E-state index in [9.17, 15) is 9.69 Å². The first-order chi connectivity index (χ1) is 18.0. The van der Waals surface area contributed by atoms with Crippen molar-refractivity contribution in [3.05, 3.63) is 95.2 Å². The van der Waals surface area contributed by atoms with E-state index in [0.29, 0.717) is 53.9 Å². The number of aryl methyl sites for hydroxylation is 1. The SMILES string of the molecule is O=C(CCc1oc(-c2ccccc2)nc1-c1ccc(Cl)cc1)Nc1ccc(C[P+]2(O)OCCCO2)cc1. The predicted octanol–water partition coefficient (Wildman–Crippen LogP) is 6.93. The zero-order valence-corrected chi connectivity index (χ0v) is 21.8. The van der Waals surface area contributed by atoms with Crippen molar-refractivity contribution in [1.82, 2.24) is 4.98 Å². The van der Waals surface area contributed by atoms with E-state index in [1.807, 2.05) is 66.7 Å². The summed E-state index contributed by atoms with van der Waals surface area (Å²) in [6, 6.07) is 24.4. The first kappa shape index (κ1) is 25.6. The van der Waals surface area contributed by atoms with Crippen LogP contribution in [-0.4, -0.2) is 29.0 Å². The lowest BCUT2D eigenvalue weighted by Gasteiger charge is -2.21. The summed E-state index contributed by atoms with van der Waals surface area (Å²) >= 11 is 6.07. The van der Waals surface area contributed by atoms with Gasteiger partial charge >= 0.3 is 7.94 Å². The zero-order chi connectivity index (χ0) is 25.7. The Bertz CT molecular complexity index is 1340. The molecule has 0 atom stereocenters. The Kier molecular flexibility index (Phi) is 7.99. The Balaban J connectivity index is 1.25. The molecule has 1 aliphatic heterocycles. The first-order valence-corrected chi connectivity index (χ1v) is 14.2. The molecular formula is C28H27ClN2O5P+. The number of nitrogens with one attached hydrogen (secondary N) is 1. The van der Waals surface area contributed by atoms with Gasteiger partial charge in [-0.1, -0.05) is 54.1 Å². The van der Waals surface area contributed by atoms with Crippen LogP contribution in [0.2, 0.25) is 5.02 Å². The van der Waals surface area contributed by atoms with Gasteiger partial charge in [-0.25, -0.2) is 4.98 Å². The molecule has 0 aliphatic carbocycles. The van der Waals surface area contributed by atoms with E-state index in [0.717, 1.165) is 23.1 Å². The summed E-state index contributed by atoms with van der Waals surface area (Å²) in [5, 5.41) is 3.56. The number of halogens is 1. The van der Waals surface area contributed by atoms with Crippen LogP contribution in [0.25, 0.3) is 22.7 Å². The van der Waals surface area contributed by atoms with Gasteiger partial charge in [0.1, 0.15) is 11.5 Å². The number of oxazole rings is 1. The molecule has 1 fully saturated rings. The Morgan fingerprint density at radius 1 is 0.946 bits per heavy atom. The molecular weight excluding hydrogens is 511 g/mol. The Labute approximate surface area is 221 Å². The van der Waals surface area contributed by atoms with Gasteiger partial charge in [-0.2, -0.15) is 13.9 Å². The highest BCUT2D eigenvalue weighted by molar-refractivity contribution is 7.59. The number of amides is 1. The molecule has 0 radical (unpaired) electrons. The van der Waals surface area contributed by atoms with Crippen molar-refractivity contribution in [3.63, 3.8) is 0 Å². The van der Waals surface area contributed by atoms with Crippen LogP contribution in [0.3, 0.4) is 0 Å². The maximum Gasteiger partial charge on any atom is 0.413 e. The van der Waals surface area contributed by atoms with Crippen molar-refractivity contribution in [1.29, 1.82) is 0 Å². The van der Waals surface area contributed by atoms with Crippen LogP contribution in [0.15, 0.2) is 83.3 Å². The van der Waals surface area contributed by atoms with E-state index < -0.39 is 7.94 Å². The Hall–Kier alpha value is -3.06. The highest BCUT2D eigenvalue weighted by atomic mass is 35.5. The average Bonchev–Trinajstić information content (AvgIpc) is 3.34. The van der Waals surface area contributed by atoms with Gasteiger partial charge in [-0.3, -0.25) is 4.79 Å². The molecule has 7 nitrogen and oxygen atoms in total. The molecule has 2 heterocycles. The normalized spacial score (nSPS) is 14.9. The van der Waals surface area contributed by atoms with E-state index in [2.05, 4.69) is 5.32 Å². The summed E-state index contributed by atoms with van der Waals surface area (Å²) < 4.78 is 17.1. The molecule has 1 saturated heterocycles. The fourth-order valence-corrected chi connectivity index (χ4v) is 5.92. The van der Waals surface area contributed by atoms with Gasteiger partial charge in [0.2, 0.25) is 11.8 Å². The lowest BCUT2D eigenvalue weighted by molar-refractivity contribution is -0.116. The lowest BCUT2D eigenvalue weighted by atomic mass is 10.1. The van der Waals surface area contributed by atoms with Gasteiger partial charge in [0.05, 0.1) is 13.2 Å². The highest BCUT2D eigenvalue weighted by Gasteiger charge is 2.43. The molecule has 0 unspecified atom stereocenters. The third kappa shape index (κ3) is 6.63. The summed E-state index contributed by atoms with van der Waals surface area (Å²) in [5.41, 5.74) is 3.99. The summed E-state index contributed by atoms with van der Waals surface area (Å²) in [7, 11) is -2.84. The van der Waals surface area contributed by atoms with Crippen molar-refractivity contribution in [2.45, 2.75) is 25.4 Å². The quantitative estimate of drug-likeness (QED) is 0.237. The highest BCUT2D eigenvalue weighted by Crippen LogP contribution is 2.61. The molecule has 0 spiro atoms. The van der Waals surface area contributed by atoms with Crippen LogP contribution in [0.5, 0.6) is 0 Å². The number of nitrogens with zero attached hydrogens (tertiary/aromatic N) is 1. The van der Waals surface area contributed by atoms with Crippen molar-refractivity contribution in [2.24, 2.45) is 0 Å². The Morgan fingerprint density at radius 3 is 2.35 bits per heavy atom. The number of benzene rings is 3. The number of aromatic nitrogens is 1. The minimum Gasteiger partial charge on any atom is -0.440 e. The smallest absolute Gasteiger partial charge is 0.413 e. The maximum atomic E-state index is 12.7. The second-order valence-electron chi connectivity index (χ2n) is 8.72. The number of hydrogen-bond acceptors (Lipinski definition) is 6. The van der Waals surface area contributed by atoms with Crippen molar-refractivity contribution >= 4 is 31.1 Å². The van der Waals surface area contributed by atoms with Gasteiger partial charge < -0.3 is 9.73 Å². The van der Waals surface area contributed by atoms with Crippen LogP contribution in [-0.2, 0) is 26.4 Å². The summed E-state index contributed by atoms with van der Waals surface area (Å²) in [6.45, 7) is 1.02. The molecule has 0 bridgehead atoms. The minimum absolute atomic E-state index is 0.141. The van der Waals surface area contributed by atoms with Gasteiger partial charge in [0, 0.05) is 41.1 Å². The van der Waals surface area contributed by atoms with Crippen molar-refractivity contribution in [2.75, 3.05) is 18.5 Å². The number of anilines is 1. The van der Waals surface area contributed by atoms with Gasteiger partial charge in [-0.15, -0.1) is 0 Å². The minimum atomic E-state index is -2.84. The molecule has 1 aliphatic rings. The standard InChI is InChI=1S/C28H26ClN2O5P/c29-23-11-9-21(10-12-23)27-25(36-28(31-27)22-5-2-1-3-6-22)15-16-26(32)30-24-13-7-20(8-14-24)19-37(33)34-17-4-18-35-37/h1-3,5-14,33H,4,15-19H2/p+1. The molecule has 37 heavy (non-hydrogen) atoms. The summed E-state index contributed by atoms with van der Waals surface area (Å²) in [5.74, 6) is 1.00. The van der Waals surface area contributed by atoms with Crippen molar-refractivity contribution in [3.8, 4) is 22.7 Å². The maximum absolute atomic E-state index is 12.7. The van der Waals surface area contributed by atoms with Crippen LogP contribution < -0.4 is 5.32 Å². The molecule has 1 amide bonds. The fraction of sp³-hybridized carbons (Fsp3) is 0.214. The van der Waals surface area contributed by atoms with E-state index in [-0.39, 0.29) is 12.3 Å². The van der Waals surface area contributed by atoms with Crippen LogP contribution in [0, 0.1) is 0 Å². The van der Waals surface area contributed by atoms with Crippen LogP contribution in [0.4, 0.5) is 5.69 Å². The molecule has 4 aromatic rings. The third-order valence-electron chi connectivity index (χ3n) is 5.91. The molecule has 1 aromatic heterocycles. The van der Waals surface area contributed by atoms with Crippen molar-refractivity contribution < 1.29 is 23.2 Å². The number of hydrogen-bond donors (Lipinski definition) is 2. The van der Waals surface area contributed by atoms with E-state index in [1.54, 1.807) is 12.1 Å². The average molecular weight is 538 g/mol. The topological polar surface area (TPSA) is 93.8 Å². The monoisotopic (exact) mass is 537 g/mol. The number of carbonyl (C=O) groups excluding carboxylic acids is 1.